The first-order chi connectivity index (χ1) is 14.9. The summed E-state index contributed by atoms with van der Waals surface area (Å²) in [5.41, 5.74) is 3.80. The van der Waals surface area contributed by atoms with Gasteiger partial charge in [0.1, 0.15) is 0 Å². The molecule has 166 valence electrons. The standard InChI is InChI=1S/C23H28N2O5S/c1-7-30-9-8-25-17-10-14(2)15(3)11-20(17)31-23(25)24-22(26)16-12-18(27-4)21(29-6)19(13-16)28-5/h10-13H,7-9H2,1-6H3. The predicted molar refractivity (Wildman–Crippen MR) is 122 cm³/mol. The van der Waals surface area contributed by atoms with Crippen LogP contribution in [-0.4, -0.2) is 45.0 Å². The first kappa shape index (κ1) is 22.8. The molecule has 0 spiro atoms. The second kappa shape index (κ2) is 9.98. The zero-order chi connectivity index (χ0) is 22.5. The zero-order valence-electron chi connectivity index (χ0n) is 18.8. The molecule has 1 aromatic heterocycles. The highest BCUT2D eigenvalue weighted by atomic mass is 32.1. The average molecular weight is 445 g/mol. The topological polar surface area (TPSA) is 71.3 Å². The number of aryl methyl sites for hydroxylation is 2. The van der Waals surface area contributed by atoms with Gasteiger partial charge in [0, 0.05) is 18.7 Å². The van der Waals surface area contributed by atoms with Gasteiger partial charge in [-0.3, -0.25) is 4.79 Å². The number of benzene rings is 2. The second-order valence-electron chi connectivity index (χ2n) is 6.97. The molecule has 0 radical (unpaired) electrons. The fourth-order valence-electron chi connectivity index (χ4n) is 3.28. The molecule has 0 unspecified atom stereocenters. The predicted octanol–water partition coefficient (Wildman–Crippen LogP) is 4.12. The van der Waals surface area contributed by atoms with Crippen molar-refractivity contribution in [1.82, 2.24) is 4.57 Å². The smallest absolute Gasteiger partial charge is 0.279 e. The van der Waals surface area contributed by atoms with Gasteiger partial charge in [-0.25, -0.2) is 0 Å². The minimum atomic E-state index is -0.385. The fraction of sp³-hybridized carbons (Fsp3) is 0.391. The molecule has 3 rings (SSSR count). The Balaban J connectivity index is 2.13. The van der Waals surface area contributed by atoms with Crippen LogP contribution in [0.3, 0.4) is 0 Å². The third-order valence-corrected chi connectivity index (χ3v) is 6.11. The average Bonchev–Trinajstić information content (AvgIpc) is 3.08. The van der Waals surface area contributed by atoms with Gasteiger partial charge in [0.25, 0.3) is 5.91 Å². The number of methoxy groups -OCH3 is 3. The van der Waals surface area contributed by atoms with E-state index < -0.39 is 0 Å². The Morgan fingerprint density at radius 1 is 1.00 bits per heavy atom. The number of carbonyl (C=O) groups is 1. The molecule has 2 aromatic carbocycles. The van der Waals surface area contributed by atoms with E-state index >= 15 is 0 Å². The van der Waals surface area contributed by atoms with Crippen molar-refractivity contribution in [3.8, 4) is 17.2 Å². The van der Waals surface area contributed by atoms with Crippen LogP contribution < -0.4 is 19.0 Å². The molecule has 3 aromatic rings. The number of rotatable bonds is 8. The van der Waals surface area contributed by atoms with Crippen molar-refractivity contribution in [3.63, 3.8) is 0 Å². The van der Waals surface area contributed by atoms with E-state index in [0.717, 1.165) is 10.2 Å². The quantitative estimate of drug-likeness (QED) is 0.489. The molecule has 0 aliphatic rings. The van der Waals surface area contributed by atoms with E-state index in [1.807, 2.05) is 11.5 Å². The van der Waals surface area contributed by atoms with Gasteiger partial charge in [-0.05, 0) is 56.2 Å². The molecule has 0 atom stereocenters. The monoisotopic (exact) mass is 444 g/mol. The summed E-state index contributed by atoms with van der Waals surface area (Å²) in [7, 11) is 4.55. The number of hydrogen-bond donors (Lipinski definition) is 0. The highest BCUT2D eigenvalue weighted by Gasteiger charge is 2.17. The summed E-state index contributed by atoms with van der Waals surface area (Å²) >= 11 is 1.49. The molecule has 1 heterocycles. The van der Waals surface area contributed by atoms with Crippen LogP contribution in [0.15, 0.2) is 29.3 Å². The summed E-state index contributed by atoms with van der Waals surface area (Å²) in [6, 6.07) is 7.49. The van der Waals surface area contributed by atoms with Crippen molar-refractivity contribution in [1.29, 1.82) is 0 Å². The molecule has 0 saturated heterocycles. The van der Waals surface area contributed by atoms with E-state index in [0.29, 0.717) is 47.4 Å². The number of amides is 1. The van der Waals surface area contributed by atoms with Crippen molar-refractivity contribution in [2.24, 2.45) is 4.99 Å². The molecule has 0 fully saturated rings. The minimum absolute atomic E-state index is 0.357. The molecule has 0 bridgehead atoms. The summed E-state index contributed by atoms with van der Waals surface area (Å²) in [6.45, 7) is 7.91. The van der Waals surface area contributed by atoms with E-state index in [1.54, 1.807) is 12.1 Å². The largest absolute Gasteiger partial charge is 0.493 e. The molecule has 0 saturated carbocycles. The lowest BCUT2D eigenvalue weighted by Crippen LogP contribution is -2.20. The van der Waals surface area contributed by atoms with Crippen LogP contribution in [0.25, 0.3) is 10.2 Å². The summed E-state index contributed by atoms with van der Waals surface area (Å²) in [5.74, 6) is 0.866. The maximum absolute atomic E-state index is 13.1. The summed E-state index contributed by atoms with van der Waals surface area (Å²) in [4.78, 5) is 18.2. The van der Waals surface area contributed by atoms with Crippen LogP contribution in [0.1, 0.15) is 28.4 Å². The SMILES string of the molecule is CCOCCn1c(=NC(=O)c2cc(OC)c(OC)c(OC)c2)sc2cc(C)c(C)cc21. The van der Waals surface area contributed by atoms with Gasteiger partial charge in [-0.2, -0.15) is 4.99 Å². The Morgan fingerprint density at radius 2 is 1.65 bits per heavy atom. The van der Waals surface area contributed by atoms with Crippen LogP contribution in [0.5, 0.6) is 17.2 Å². The highest BCUT2D eigenvalue weighted by Crippen LogP contribution is 2.38. The van der Waals surface area contributed by atoms with E-state index in [9.17, 15) is 4.79 Å². The number of ether oxygens (including phenoxy) is 4. The summed E-state index contributed by atoms with van der Waals surface area (Å²) in [5, 5.41) is 0. The second-order valence-corrected chi connectivity index (χ2v) is 7.98. The first-order valence-electron chi connectivity index (χ1n) is 10.0. The minimum Gasteiger partial charge on any atom is -0.493 e. The van der Waals surface area contributed by atoms with Crippen LogP contribution in [0, 0.1) is 13.8 Å². The summed E-state index contributed by atoms with van der Waals surface area (Å²) in [6.07, 6.45) is 0. The van der Waals surface area contributed by atoms with Gasteiger partial charge >= 0.3 is 0 Å². The van der Waals surface area contributed by atoms with Crippen LogP contribution in [0.4, 0.5) is 0 Å². The van der Waals surface area contributed by atoms with E-state index in [4.69, 9.17) is 18.9 Å². The number of carbonyl (C=O) groups excluding carboxylic acids is 1. The molecule has 0 N–H and O–H groups in total. The van der Waals surface area contributed by atoms with Crippen LogP contribution in [-0.2, 0) is 11.3 Å². The van der Waals surface area contributed by atoms with Crippen LogP contribution >= 0.6 is 11.3 Å². The highest BCUT2D eigenvalue weighted by molar-refractivity contribution is 7.16. The zero-order valence-corrected chi connectivity index (χ0v) is 19.6. The van der Waals surface area contributed by atoms with Gasteiger partial charge in [-0.15, -0.1) is 0 Å². The molecular weight excluding hydrogens is 416 g/mol. The number of aromatic nitrogens is 1. The number of fused-ring (bicyclic) bond motifs is 1. The molecule has 8 heteroatoms. The number of nitrogens with zero attached hydrogens (tertiary/aromatic N) is 2. The van der Waals surface area contributed by atoms with Crippen molar-refractivity contribution in [2.45, 2.75) is 27.3 Å². The Morgan fingerprint density at radius 3 is 2.23 bits per heavy atom. The number of hydrogen-bond acceptors (Lipinski definition) is 6. The van der Waals surface area contributed by atoms with E-state index in [-0.39, 0.29) is 5.91 Å². The van der Waals surface area contributed by atoms with Crippen LogP contribution in [0.2, 0.25) is 0 Å². The Kier molecular flexibility index (Phi) is 7.35. The lowest BCUT2D eigenvalue weighted by Gasteiger charge is -2.12. The van der Waals surface area contributed by atoms with Gasteiger partial charge in [-0.1, -0.05) is 11.3 Å². The van der Waals surface area contributed by atoms with Crippen molar-refractivity contribution >= 4 is 27.5 Å². The molecule has 0 aliphatic carbocycles. The molecular formula is C23H28N2O5S. The normalized spacial score (nSPS) is 11.7. The van der Waals surface area contributed by atoms with Crippen molar-refractivity contribution < 1.29 is 23.7 Å². The first-order valence-corrected chi connectivity index (χ1v) is 10.8. The van der Waals surface area contributed by atoms with E-state index in [2.05, 4.69) is 31.0 Å². The molecule has 1 amide bonds. The van der Waals surface area contributed by atoms with Crippen molar-refractivity contribution in [2.75, 3.05) is 34.5 Å². The maximum atomic E-state index is 13.1. The maximum Gasteiger partial charge on any atom is 0.279 e. The van der Waals surface area contributed by atoms with Gasteiger partial charge < -0.3 is 23.5 Å². The molecule has 31 heavy (non-hydrogen) atoms. The number of thiazole rings is 1. The van der Waals surface area contributed by atoms with E-state index in [1.165, 1.54) is 43.8 Å². The lowest BCUT2D eigenvalue weighted by atomic mass is 10.1. The summed E-state index contributed by atoms with van der Waals surface area (Å²) < 4.78 is 24.7. The van der Waals surface area contributed by atoms with Gasteiger partial charge in [0.15, 0.2) is 16.3 Å². The van der Waals surface area contributed by atoms with Gasteiger partial charge in [0.2, 0.25) is 5.75 Å². The Bertz CT molecular complexity index is 1140. The molecule has 0 aliphatic heterocycles. The Labute approximate surface area is 185 Å². The molecule has 7 nitrogen and oxygen atoms in total. The van der Waals surface area contributed by atoms with Gasteiger partial charge in [0.05, 0.1) is 38.2 Å². The third-order valence-electron chi connectivity index (χ3n) is 5.07. The lowest BCUT2D eigenvalue weighted by molar-refractivity contribution is 0.0996. The third kappa shape index (κ3) is 4.75. The van der Waals surface area contributed by atoms with Crippen molar-refractivity contribution in [3.05, 3.63) is 45.8 Å². The fourth-order valence-corrected chi connectivity index (χ4v) is 4.41. The Hall–Kier alpha value is -2.84.